The van der Waals surface area contributed by atoms with E-state index in [0.717, 1.165) is 29.6 Å². The molecule has 0 saturated heterocycles. The van der Waals surface area contributed by atoms with Crippen LogP contribution in [-0.4, -0.2) is 11.6 Å². The maximum atomic E-state index is 13.2. The molecule has 2 nitrogen and oxygen atoms in total. The van der Waals surface area contributed by atoms with Crippen molar-refractivity contribution in [1.29, 1.82) is 0 Å². The van der Waals surface area contributed by atoms with Gasteiger partial charge in [-0.2, -0.15) is 0 Å². The molecule has 4 aliphatic rings. The second-order valence-corrected chi connectivity index (χ2v) is 10.4. The SMILES string of the molecule is C.CC.CC.CC(C)(C)OC(=O)C1(C)C2CC(C3C4CCC(C4)C32)C1(C)C. The Morgan fingerprint density at radius 2 is 1.30 bits per heavy atom. The first-order valence-electron chi connectivity index (χ1n) is 11.3. The molecule has 4 rings (SSSR count). The average Bonchev–Trinajstić information content (AvgIpc) is 3.30. The number of carbonyl (C=O) groups is 1. The van der Waals surface area contributed by atoms with Gasteiger partial charge in [0.2, 0.25) is 0 Å². The summed E-state index contributed by atoms with van der Waals surface area (Å²) >= 11 is 0. The number of hydrogen-bond acceptors (Lipinski definition) is 2. The lowest BCUT2D eigenvalue weighted by atomic mass is 9.51. The van der Waals surface area contributed by atoms with Crippen LogP contribution in [0.5, 0.6) is 0 Å². The molecule has 0 aromatic rings. The summed E-state index contributed by atoms with van der Waals surface area (Å²) in [6.45, 7) is 20.9. The Bertz CT molecular complexity index is 515. The van der Waals surface area contributed by atoms with Crippen LogP contribution >= 0.6 is 0 Å². The Labute approximate surface area is 170 Å². The summed E-state index contributed by atoms with van der Waals surface area (Å²) in [7, 11) is 0. The van der Waals surface area contributed by atoms with Crippen molar-refractivity contribution in [3.8, 4) is 0 Å². The minimum Gasteiger partial charge on any atom is -0.460 e. The van der Waals surface area contributed by atoms with Gasteiger partial charge in [-0.05, 0) is 94.3 Å². The molecule has 27 heavy (non-hydrogen) atoms. The molecule has 0 aromatic heterocycles. The lowest BCUT2D eigenvalue weighted by Crippen LogP contribution is -2.54. The van der Waals surface area contributed by atoms with Gasteiger partial charge in [-0.15, -0.1) is 0 Å². The van der Waals surface area contributed by atoms with Gasteiger partial charge in [0, 0.05) is 0 Å². The number of ether oxygens (including phenoxy) is 1. The first-order chi connectivity index (χ1) is 12.1. The van der Waals surface area contributed by atoms with E-state index >= 15 is 0 Å². The Hall–Kier alpha value is -0.530. The van der Waals surface area contributed by atoms with E-state index in [1.54, 1.807) is 0 Å². The average molecular weight is 381 g/mol. The van der Waals surface area contributed by atoms with Gasteiger partial charge in [-0.25, -0.2) is 0 Å². The van der Waals surface area contributed by atoms with E-state index in [1.165, 1.54) is 25.7 Å². The molecule has 0 aromatic carbocycles. The van der Waals surface area contributed by atoms with E-state index in [2.05, 4.69) is 20.8 Å². The van der Waals surface area contributed by atoms with Gasteiger partial charge in [0.05, 0.1) is 5.41 Å². The number of rotatable bonds is 1. The Morgan fingerprint density at radius 3 is 1.74 bits per heavy atom. The van der Waals surface area contributed by atoms with E-state index in [9.17, 15) is 4.79 Å². The second kappa shape index (κ2) is 8.07. The molecule has 0 aliphatic heterocycles. The first kappa shape index (κ1) is 24.5. The quantitative estimate of drug-likeness (QED) is 0.351. The third-order valence-corrected chi connectivity index (χ3v) is 8.31. The highest BCUT2D eigenvalue weighted by molar-refractivity contribution is 5.79. The van der Waals surface area contributed by atoms with Gasteiger partial charge >= 0.3 is 5.97 Å². The zero-order valence-corrected chi connectivity index (χ0v) is 19.1. The van der Waals surface area contributed by atoms with Crippen LogP contribution in [0.2, 0.25) is 0 Å². The van der Waals surface area contributed by atoms with Gasteiger partial charge in [-0.3, -0.25) is 4.79 Å². The fourth-order valence-corrected chi connectivity index (χ4v) is 7.22. The number of esters is 1. The van der Waals surface area contributed by atoms with E-state index < -0.39 is 0 Å². The fraction of sp³-hybridized carbons (Fsp3) is 0.960. The van der Waals surface area contributed by atoms with Crippen LogP contribution in [0.4, 0.5) is 0 Å². The Balaban J connectivity index is 0.000000686. The molecule has 7 atom stereocenters. The van der Waals surface area contributed by atoms with E-state index in [1.807, 2.05) is 48.5 Å². The third-order valence-electron chi connectivity index (χ3n) is 8.31. The van der Waals surface area contributed by atoms with Crippen LogP contribution in [-0.2, 0) is 9.53 Å². The third kappa shape index (κ3) is 3.38. The Morgan fingerprint density at radius 1 is 0.852 bits per heavy atom. The topological polar surface area (TPSA) is 26.3 Å². The predicted octanol–water partition coefficient (Wildman–Crippen LogP) is 7.36. The molecular weight excluding hydrogens is 332 g/mol. The van der Waals surface area contributed by atoms with E-state index in [-0.39, 0.29) is 29.8 Å². The highest BCUT2D eigenvalue weighted by Crippen LogP contribution is 2.77. The van der Waals surface area contributed by atoms with Crippen molar-refractivity contribution < 1.29 is 9.53 Å². The highest BCUT2D eigenvalue weighted by Gasteiger charge is 2.74. The zero-order chi connectivity index (χ0) is 20.1. The zero-order valence-electron chi connectivity index (χ0n) is 19.1. The minimum atomic E-state index is -0.383. The first-order valence-corrected chi connectivity index (χ1v) is 11.3. The highest BCUT2D eigenvalue weighted by atomic mass is 16.6. The van der Waals surface area contributed by atoms with Crippen LogP contribution < -0.4 is 0 Å². The molecule has 2 heteroatoms. The summed E-state index contributed by atoms with van der Waals surface area (Å²) in [5, 5.41) is 0. The summed E-state index contributed by atoms with van der Waals surface area (Å²) in [4.78, 5) is 13.2. The van der Waals surface area contributed by atoms with Gasteiger partial charge < -0.3 is 4.74 Å². The van der Waals surface area contributed by atoms with Crippen LogP contribution in [0.25, 0.3) is 0 Å². The molecule has 0 amide bonds. The molecule has 0 radical (unpaired) electrons. The molecule has 160 valence electrons. The summed E-state index contributed by atoms with van der Waals surface area (Å²) < 4.78 is 5.90. The summed E-state index contributed by atoms with van der Waals surface area (Å²) in [5.41, 5.74) is -0.603. The van der Waals surface area contributed by atoms with Crippen molar-refractivity contribution in [3.63, 3.8) is 0 Å². The summed E-state index contributed by atoms with van der Waals surface area (Å²) in [5.74, 6) is 4.95. The van der Waals surface area contributed by atoms with Gasteiger partial charge in [-0.1, -0.05) is 49.0 Å². The van der Waals surface area contributed by atoms with Crippen LogP contribution in [0.15, 0.2) is 0 Å². The number of hydrogen-bond donors (Lipinski definition) is 0. The van der Waals surface area contributed by atoms with Crippen molar-refractivity contribution in [2.45, 2.75) is 108 Å². The summed E-state index contributed by atoms with van der Waals surface area (Å²) in [6.07, 6.45) is 5.59. The lowest BCUT2D eigenvalue weighted by Gasteiger charge is -2.53. The second-order valence-electron chi connectivity index (χ2n) is 10.4. The van der Waals surface area contributed by atoms with Crippen molar-refractivity contribution >= 4 is 5.97 Å². The fourth-order valence-electron chi connectivity index (χ4n) is 7.22. The molecule has 0 heterocycles. The van der Waals surface area contributed by atoms with Crippen molar-refractivity contribution in [2.75, 3.05) is 0 Å². The molecule has 0 N–H and O–H groups in total. The van der Waals surface area contributed by atoms with Crippen LogP contribution in [0.1, 0.15) is 102 Å². The van der Waals surface area contributed by atoms with Gasteiger partial charge in [0.1, 0.15) is 5.60 Å². The van der Waals surface area contributed by atoms with Crippen LogP contribution in [0.3, 0.4) is 0 Å². The molecule has 4 saturated carbocycles. The minimum absolute atomic E-state index is 0. The Kier molecular flexibility index (Phi) is 7.33. The molecule has 0 spiro atoms. The number of fused-ring (bicyclic) bond motifs is 9. The maximum absolute atomic E-state index is 13.2. The van der Waals surface area contributed by atoms with E-state index in [4.69, 9.17) is 4.74 Å². The molecule has 4 aliphatic carbocycles. The van der Waals surface area contributed by atoms with Gasteiger partial charge in [0.25, 0.3) is 0 Å². The molecule has 4 bridgehead atoms. The summed E-state index contributed by atoms with van der Waals surface area (Å²) in [6, 6.07) is 0. The van der Waals surface area contributed by atoms with Crippen molar-refractivity contribution in [1.82, 2.24) is 0 Å². The van der Waals surface area contributed by atoms with E-state index in [0.29, 0.717) is 5.92 Å². The largest absolute Gasteiger partial charge is 0.460 e. The molecule has 4 fully saturated rings. The van der Waals surface area contributed by atoms with Crippen LogP contribution in [0, 0.1) is 46.3 Å². The molecular formula is C25H48O2. The standard InChI is InChI=1S/C20H32O2.2C2H6.CH4/c1-18(2,3)22-17(21)20(6)14-10-13(19(20,4)5)15-11-7-8-12(9-11)16(14)15;2*1-2;/h11-16H,7-10H2,1-6H3;2*1-2H3;1H4. The van der Waals surface area contributed by atoms with Gasteiger partial charge in [0.15, 0.2) is 0 Å². The normalized spacial score (nSPS) is 42.1. The predicted molar refractivity (Wildman–Crippen MR) is 117 cm³/mol. The monoisotopic (exact) mass is 380 g/mol. The molecule has 7 unspecified atom stereocenters. The maximum Gasteiger partial charge on any atom is 0.313 e. The van der Waals surface area contributed by atoms with Crippen molar-refractivity contribution in [2.24, 2.45) is 46.3 Å². The van der Waals surface area contributed by atoms with Crippen molar-refractivity contribution in [3.05, 3.63) is 0 Å². The lowest BCUT2D eigenvalue weighted by molar-refractivity contribution is -0.185. The number of carbonyl (C=O) groups excluding carboxylic acids is 1. The smallest absolute Gasteiger partial charge is 0.313 e.